The summed E-state index contributed by atoms with van der Waals surface area (Å²) in [5.41, 5.74) is 3.90. The Labute approximate surface area is 128 Å². The number of halogens is 1. The van der Waals surface area contributed by atoms with E-state index < -0.39 is 37.3 Å². The predicted molar refractivity (Wildman–Crippen MR) is 75.1 cm³/mol. The molecule has 6 N–H and O–H groups in total. The molecule has 0 radical (unpaired) electrons. The van der Waals surface area contributed by atoms with Crippen LogP contribution in [0.25, 0.3) is 11.2 Å². The first-order valence-electron chi connectivity index (χ1n) is 6.37. The molecule has 1 saturated heterocycles. The van der Waals surface area contributed by atoms with Gasteiger partial charge in [0.1, 0.15) is 30.0 Å². The zero-order valence-corrected chi connectivity index (χ0v) is 12.0. The van der Waals surface area contributed by atoms with Crippen LogP contribution in [0, 0.1) is 4.64 Å². The number of imidazole rings is 1. The number of nitrogens with one attached hydrogen (secondary N) is 1. The van der Waals surface area contributed by atoms with E-state index in [0.29, 0.717) is 0 Å². The van der Waals surface area contributed by atoms with Crippen molar-refractivity contribution in [3.05, 3.63) is 11.0 Å². The highest BCUT2D eigenvalue weighted by Gasteiger charge is 2.56. The smallest absolute Gasteiger partial charge is 0.200 e. The molecule has 1 aliphatic heterocycles. The average Bonchev–Trinajstić information content (AvgIpc) is 3.00. The molecule has 1 aliphatic rings. The Balaban J connectivity index is 2.16. The van der Waals surface area contributed by atoms with Crippen molar-refractivity contribution in [2.24, 2.45) is 0 Å². The van der Waals surface area contributed by atoms with E-state index in [4.69, 9.17) is 22.7 Å². The van der Waals surface area contributed by atoms with Crippen LogP contribution in [0.1, 0.15) is 6.23 Å². The number of aromatic nitrogens is 4. The molecular formula is C11H14FN5O4S. The van der Waals surface area contributed by atoms with Crippen molar-refractivity contribution in [2.45, 2.75) is 24.0 Å². The standard InChI is InChI=1S/C11H14FN5O4S/c12-2-11(20)6(19)4(1-18)21-9(11)17-3-14-5-7(17)15-10(13)16-8(5)22/h3-4,6,9,18-20H,1-2H2,(H3,13,15,16,22)/t4-,6-,9-,11-/m1/s1. The summed E-state index contributed by atoms with van der Waals surface area (Å²) in [5, 5.41) is 29.6. The van der Waals surface area contributed by atoms with Crippen LogP contribution in [-0.4, -0.2) is 65.9 Å². The van der Waals surface area contributed by atoms with Gasteiger partial charge in [0.25, 0.3) is 0 Å². The number of alkyl halides is 1. The fourth-order valence-electron chi connectivity index (χ4n) is 2.55. The summed E-state index contributed by atoms with van der Waals surface area (Å²) in [7, 11) is 0. The number of anilines is 1. The number of nitrogen functional groups attached to an aromatic ring is 1. The molecule has 0 unspecified atom stereocenters. The molecule has 0 amide bonds. The molecule has 1 fully saturated rings. The SMILES string of the molecule is Nc1nc(=S)c2ncn([C@@H]3O[C@H](CO)[C@@H](O)[C@]3(O)CF)c2[nH]1. The third-order valence-corrected chi connectivity index (χ3v) is 3.99. The third kappa shape index (κ3) is 2.01. The second-order valence-corrected chi connectivity index (χ2v) is 5.44. The van der Waals surface area contributed by atoms with Gasteiger partial charge < -0.3 is 30.8 Å². The number of fused-ring (bicyclic) bond motifs is 1. The Bertz CT molecular complexity index is 767. The fraction of sp³-hybridized carbons (Fsp3) is 0.545. The number of nitrogens with two attached hydrogens (primary N) is 1. The van der Waals surface area contributed by atoms with Gasteiger partial charge in [0, 0.05) is 0 Å². The number of aromatic amines is 1. The maximum atomic E-state index is 13.4. The minimum Gasteiger partial charge on any atom is -0.394 e. The lowest BCUT2D eigenvalue weighted by atomic mass is 9.95. The first-order chi connectivity index (χ1) is 10.4. The molecule has 9 nitrogen and oxygen atoms in total. The highest BCUT2D eigenvalue weighted by molar-refractivity contribution is 7.71. The molecule has 2 aromatic rings. The van der Waals surface area contributed by atoms with Crippen LogP contribution in [0.15, 0.2) is 6.33 Å². The van der Waals surface area contributed by atoms with Gasteiger partial charge in [-0.1, -0.05) is 12.2 Å². The number of aliphatic hydroxyl groups is 3. The second kappa shape index (κ2) is 5.21. The lowest BCUT2D eigenvalue weighted by Crippen LogP contribution is -2.48. The van der Waals surface area contributed by atoms with Gasteiger partial charge in [-0.2, -0.15) is 0 Å². The van der Waals surface area contributed by atoms with Crippen LogP contribution in [0.5, 0.6) is 0 Å². The number of hydrogen-bond acceptors (Lipinski definition) is 8. The molecule has 3 rings (SSSR count). The highest BCUT2D eigenvalue weighted by Crippen LogP contribution is 2.40. The molecule has 11 heteroatoms. The largest absolute Gasteiger partial charge is 0.394 e. The van der Waals surface area contributed by atoms with E-state index in [1.165, 1.54) is 10.9 Å². The van der Waals surface area contributed by atoms with E-state index >= 15 is 0 Å². The molecule has 22 heavy (non-hydrogen) atoms. The van der Waals surface area contributed by atoms with E-state index in [9.17, 15) is 19.7 Å². The van der Waals surface area contributed by atoms with Crippen LogP contribution in [-0.2, 0) is 4.74 Å². The van der Waals surface area contributed by atoms with Crippen molar-refractivity contribution in [3.8, 4) is 0 Å². The quantitative estimate of drug-likeness (QED) is 0.452. The number of rotatable bonds is 3. The normalized spacial score (nSPS) is 31.9. The number of hydrogen-bond donors (Lipinski definition) is 5. The molecule has 0 spiro atoms. The fourth-order valence-corrected chi connectivity index (χ4v) is 2.80. The number of ether oxygens (including phenoxy) is 1. The van der Waals surface area contributed by atoms with Crippen molar-refractivity contribution in [1.29, 1.82) is 0 Å². The maximum Gasteiger partial charge on any atom is 0.200 e. The average molecular weight is 331 g/mol. The number of aliphatic hydroxyl groups excluding tert-OH is 2. The maximum absolute atomic E-state index is 13.4. The van der Waals surface area contributed by atoms with E-state index in [2.05, 4.69) is 15.0 Å². The second-order valence-electron chi connectivity index (χ2n) is 5.06. The molecule has 0 saturated carbocycles. The summed E-state index contributed by atoms with van der Waals surface area (Å²) in [6, 6.07) is 0. The van der Waals surface area contributed by atoms with Crippen LogP contribution < -0.4 is 5.73 Å². The first kappa shape index (κ1) is 15.2. The predicted octanol–water partition coefficient (Wildman–Crippen LogP) is -0.978. The van der Waals surface area contributed by atoms with Crippen molar-refractivity contribution < 1.29 is 24.4 Å². The summed E-state index contributed by atoms with van der Waals surface area (Å²) in [6.07, 6.45) is -2.80. The van der Waals surface area contributed by atoms with Crippen molar-refractivity contribution >= 4 is 29.3 Å². The lowest BCUT2D eigenvalue weighted by molar-refractivity contribution is -0.118. The van der Waals surface area contributed by atoms with Crippen molar-refractivity contribution in [2.75, 3.05) is 19.0 Å². The minimum absolute atomic E-state index is 0.0142. The summed E-state index contributed by atoms with van der Waals surface area (Å²) < 4.78 is 20.1. The zero-order chi connectivity index (χ0) is 16.1. The Morgan fingerprint density at radius 1 is 1.59 bits per heavy atom. The van der Waals surface area contributed by atoms with Crippen LogP contribution in [0.4, 0.5) is 10.3 Å². The monoisotopic (exact) mass is 331 g/mol. The van der Waals surface area contributed by atoms with E-state index in [1.807, 2.05) is 0 Å². The molecule has 0 aliphatic carbocycles. The highest BCUT2D eigenvalue weighted by atomic mass is 32.1. The summed E-state index contributed by atoms with van der Waals surface area (Å²) >= 11 is 5.03. The number of H-pyrrole nitrogens is 1. The molecule has 0 bridgehead atoms. The van der Waals surface area contributed by atoms with E-state index in [1.54, 1.807) is 0 Å². The molecular weight excluding hydrogens is 317 g/mol. The van der Waals surface area contributed by atoms with Gasteiger partial charge in [0.2, 0.25) is 0 Å². The summed E-state index contributed by atoms with van der Waals surface area (Å²) in [6.45, 7) is -1.86. The number of nitrogens with zero attached hydrogens (tertiary/aromatic N) is 3. The third-order valence-electron chi connectivity index (χ3n) is 3.71. The van der Waals surface area contributed by atoms with Gasteiger partial charge in [-0.05, 0) is 0 Å². The zero-order valence-electron chi connectivity index (χ0n) is 11.2. The van der Waals surface area contributed by atoms with E-state index in [0.717, 1.165) is 0 Å². The van der Waals surface area contributed by atoms with Gasteiger partial charge >= 0.3 is 0 Å². The van der Waals surface area contributed by atoms with Crippen LogP contribution in [0.3, 0.4) is 0 Å². The minimum atomic E-state index is -2.24. The Kier molecular flexibility index (Phi) is 3.61. The first-order valence-corrected chi connectivity index (χ1v) is 6.78. The van der Waals surface area contributed by atoms with Gasteiger partial charge in [-0.3, -0.25) is 4.57 Å². The summed E-state index contributed by atoms with van der Waals surface area (Å²) in [4.78, 5) is 10.6. The molecule has 3 heterocycles. The summed E-state index contributed by atoms with van der Waals surface area (Å²) in [5.74, 6) is 0.0142. The van der Waals surface area contributed by atoms with Crippen molar-refractivity contribution in [1.82, 2.24) is 19.5 Å². The van der Waals surface area contributed by atoms with E-state index in [-0.39, 0.29) is 21.8 Å². The topological polar surface area (TPSA) is 142 Å². The van der Waals surface area contributed by atoms with Gasteiger partial charge in [-0.25, -0.2) is 14.4 Å². The van der Waals surface area contributed by atoms with Gasteiger partial charge in [0.05, 0.1) is 12.9 Å². The van der Waals surface area contributed by atoms with Crippen LogP contribution in [0.2, 0.25) is 0 Å². The Morgan fingerprint density at radius 2 is 2.32 bits per heavy atom. The Hall–Kier alpha value is -1.66. The Morgan fingerprint density at radius 3 is 2.95 bits per heavy atom. The van der Waals surface area contributed by atoms with Crippen molar-refractivity contribution in [3.63, 3.8) is 0 Å². The molecule has 120 valence electrons. The van der Waals surface area contributed by atoms with Gasteiger partial charge in [0.15, 0.2) is 22.4 Å². The lowest BCUT2D eigenvalue weighted by Gasteiger charge is -2.28. The molecule has 2 aromatic heterocycles. The van der Waals surface area contributed by atoms with Gasteiger partial charge in [-0.15, -0.1) is 0 Å². The molecule has 0 aromatic carbocycles. The van der Waals surface area contributed by atoms with Crippen LogP contribution >= 0.6 is 12.2 Å². The molecule has 4 atom stereocenters.